The Labute approximate surface area is 121 Å². The molecule has 0 aliphatic heterocycles. The third-order valence-electron chi connectivity index (χ3n) is 2.49. The molecule has 0 saturated heterocycles. The Kier molecular flexibility index (Phi) is 4.12. The van der Waals surface area contributed by atoms with Gasteiger partial charge in [0.1, 0.15) is 5.56 Å². The van der Waals surface area contributed by atoms with Gasteiger partial charge in [0.25, 0.3) is 5.56 Å². The predicted octanol–water partition coefficient (Wildman–Crippen LogP) is 2.33. The van der Waals surface area contributed by atoms with Crippen molar-refractivity contribution in [3.05, 3.63) is 45.3 Å². The maximum absolute atomic E-state index is 12.6. The lowest BCUT2D eigenvalue weighted by Crippen LogP contribution is -2.28. The van der Waals surface area contributed by atoms with Gasteiger partial charge in [-0.1, -0.05) is 0 Å². The molecular formula is C12H10F3N3O2S. The van der Waals surface area contributed by atoms with Crippen LogP contribution >= 0.6 is 11.3 Å². The highest BCUT2D eigenvalue weighted by Gasteiger charge is 2.34. The molecule has 1 N–H and O–H groups in total. The summed E-state index contributed by atoms with van der Waals surface area (Å²) in [5.74, 6) is -0.299. The molecule has 0 unspecified atom stereocenters. The predicted molar refractivity (Wildman–Crippen MR) is 71.2 cm³/mol. The molecule has 1 amide bonds. The fraction of sp³-hybridized carbons (Fsp3) is 0.250. The fourth-order valence-electron chi connectivity index (χ4n) is 1.64. The Morgan fingerprint density at radius 1 is 1.48 bits per heavy atom. The van der Waals surface area contributed by atoms with Crippen molar-refractivity contribution in [2.24, 2.45) is 0 Å². The van der Waals surface area contributed by atoms with E-state index in [9.17, 15) is 22.8 Å². The zero-order valence-electron chi connectivity index (χ0n) is 10.8. The van der Waals surface area contributed by atoms with Crippen molar-refractivity contribution in [1.29, 1.82) is 0 Å². The van der Waals surface area contributed by atoms with Crippen LogP contribution in [-0.2, 0) is 17.5 Å². The first-order chi connectivity index (χ1) is 9.77. The standard InChI is InChI=1S/C12H10F3N3O2S/c1-7(19)16-11-17-8(6-21-11)5-18-4-2-3-9(10(18)20)12(13,14)15/h2-4,6H,5H2,1H3,(H,16,17,19). The molecule has 112 valence electrons. The lowest BCUT2D eigenvalue weighted by Gasteiger charge is -2.09. The molecule has 2 rings (SSSR count). The van der Waals surface area contributed by atoms with Gasteiger partial charge in [0.15, 0.2) is 5.13 Å². The van der Waals surface area contributed by atoms with Gasteiger partial charge >= 0.3 is 6.18 Å². The lowest BCUT2D eigenvalue weighted by molar-refractivity contribution is -0.139. The largest absolute Gasteiger partial charge is 0.421 e. The van der Waals surface area contributed by atoms with Crippen LogP contribution in [0.4, 0.5) is 18.3 Å². The Balaban J connectivity index is 2.26. The number of halogens is 3. The average Bonchev–Trinajstić information content (AvgIpc) is 2.77. The summed E-state index contributed by atoms with van der Waals surface area (Å²) in [6.07, 6.45) is -3.43. The number of carbonyl (C=O) groups is 1. The van der Waals surface area contributed by atoms with Crippen molar-refractivity contribution >= 4 is 22.4 Å². The van der Waals surface area contributed by atoms with E-state index in [0.717, 1.165) is 28.0 Å². The molecule has 0 saturated carbocycles. The van der Waals surface area contributed by atoms with Gasteiger partial charge in [-0.15, -0.1) is 11.3 Å². The van der Waals surface area contributed by atoms with Gasteiger partial charge in [0.05, 0.1) is 12.2 Å². The Morgan fingerprint density at radius 2 is 2.19 bits per heavy atom. The number of carbonyl (C=O) groups excluding carboxylic acids is 1. The van der Waals surface area contributed by atoms with Crippen molar-refractivity contribution in [2.45, 2.75) is 19.6 Å². The molecule has 2 aromatic heterocycles. The highest BCUT2D eigenvalue weighted by molar-refractivity contribution is 7.13. The van der Waals surface area contributed by atoms with E-state index < -0.39 is 17.3 Å². The summed E-state index contributed by atoms with van der Waals surface area (Å²) in [5, 5.41) is 4.36. The molecule has 21 heavy (non-hydrogen) atoms. The number of alkyl halides is 3. The van der Waals surface area contributed by atoms with E-state index in [2.05, 4.69) is 10.3 Å². The fourth-order valence-corrected chi connectivity index (χ4v) is 2.39. The quantitative estimate of drug-likeness (QED) is 0.945. The van der Waals surface area contributed by atoms with Crippen LogP contribution in [0.25, 0.3) is 0 Å². The van der Waals surface area contributed by atoms with Crippen molar-refractivity contribution in [3.63, 3.8) is 0 Å². The third-order valence-corrected chi connectivity index (χ3v) is 3.30. The number of amides is 1. The topological polar surface area (TPSA) is 64.0 Å². The maximum atomic E-state index is 12.6. The van der Waals surface area contributed by atoms with Crippen LogP contribution in [0.15, 0.2) is 28.5 Å². The summed E-state index contributed by atoms with van der Waals surface area (Å²) < 4.78 is 38.8. The molecular weight excluding hydrogens is 307 g/mol. The van der Waals surface area contributed by atoms with Crippen LogP contribution in [-0.4, -0.2) is 15.5 Å². The third kappa shape index (κ3) is 3.69. The van der Waals surface area contributed by atoms with E-state index in [1.54, 1.807) is 5.38 Å². The first kappa shape index (κ1) is 15.2. The van der Waals surface area contributed by atoms with E-state index >= 15 is 0 Å². The SMILES string of the molecule is CC(=O)Nc1nc(Cn2cccc(C(F)(F)F)c2=O)cs1. The summed E-state index contributed by atoms with van der Waals surface area (Å²) in [4.78, 5) is 26.6. The summed E-state index contributed by atoms with van der Waals surface area (Å²) in [5.41, 5.74) is -1.95. The van der Waals surface area contributed by atoms with Crippen LogP contribution in [0.2, 0.25) is 0 Å². The minimum absolute atomic E-state index is 0.0984. The minimum Gasteiger partial charge on any atom is -0.309 e. The highest BCUT2D eigenvalue weighted by atomic mass is 32.1. The highest BCUT2D eigenvalue weighted by Crippen LogP contribution is 2.26. The molecule has 2 heterocycles. The monoisotopic (exact) mass is 317 g/mol. The summed E-state index contributed by atoms with van der Waals surface area (Å²) in [7, 11) is 0. The van der Waals surface area contributed by atoms with Gasteiger partial charge < -0.3 is 9.88 Å². The maximum Gasteiger partial charge on any atom is 0.421 e. The van der Waals surface area contributed by atoms with Crippen LogP contribution in [0.5, 0.6) is 0 Å². The van der Waals surface area contributed by atoms with Gasteiger partial charge in [-0.3, -0.25) is 9.59 Å². The molecule has 0 aromatic carbocycles. The van der Waals surface area contributed by atoms with E-state index in [1.165, 1.54) is 13.1 Å². The Morgan fingerprint density at radius 3 is 2.81 bits per heavy atom. The number of nitrogens with zero attached hydrogens (tertiary/aromatic N) is 2. The van der Waals surface area contributed by atoms with Crippen LogP contribution in [0.1, 0.15) is 18.2 Å². The number of thiazole rings is 1. The van der Waals surface area contributed by atoms with Gasteiger partial charge in [0.2, 0.25) is 5.91 Å². The first-order valence-corrected chi connectivity index (χ1v) is 6.64. The van der Waals surface area contributed by atoms with Crippen LogP contribution < -0.4 is 10.9 Å². The Hall–Kier alpha value is -2.16. The molecule has 0 aliphatic carbocycles. The second-order valence-corrected chi connectivity index (χ2v) is 5.04. The molecule has 9 heteroatoms. The van der Waals surface area contributed by atoms with Crippen molar-refractivity contribution in [3.8, 4) is 0 Å². The summed E-state index contributed by atoms with van der Waals surface area (Å²) in [6.45, 7) is 1.22. The van der Waals surface area contributed by atoms with Gasteiger partial charge in [-0.25, -0.2) is 4.98 Å². The average molecular weight is 317 g/mol. The number of nitrogens with one attached hydrogen (secondary N) is 1. The molecule has 0 fully saturated rings. The van der Waals surface area contributed by atoms with Crippen LogP contribution in [0, 0.1) is 0 Å². The molecule has 0 aliphatic rings. The summed E-state index contributed by atoms with van der Waals surface area (Å²) >= 11 is 1.13. The van der Waals surface area contributed by atoms with Gasteiger partial charge in [-0.05, 0) is 12.1 Å². The number of hydrogen-bond donors (Lipinski definition) is 1. The molecule has 5 nitrogen and oxygen atoms in total. The molecule has 0 radical (unpaired) electrons. The zero-order chi connectivity index (χ0) is 15.6. The minimum atomic E-state index is -4.69. The molecule has 0 spiro atoms. The lowest BCUT2D eigenvalue weighted by atomic mass is 10.2. The van der Waals surface area contributed by atoms with Gasteiger partial charge in [0, 0.05) is 18.5 Å². The summed E-state index contributed by atoms with van der Waals surface area (Å²) in [6, 6.07) is 1.90. The molecule has 0 bridgehead atoms. The second kappa shape index (κ2) is 5.68. The van der Waals surface area contributed by atoms with Crippen LogP contribution in [0.3, 0.4) is 0 Å². The van der Waals surface area contributed by atoms with E-state index in [1.807, 2.05) is 0 Å². The number of pyridine rings is 1. The molecule has 0 atom stereocenters. The van der Waals surface area contributed by atoms with Crippen molar-refractivity contribution < 1.29 is 18.0 Å². The van der Waals surface area contributed by atoms with Gasteiger partial charge in [-0.2, -0.15) is 13.2 Å². The molecule has 2 aromatic rings. The smallest absolute Gasteiger partial charge is 0.309 e. The van der Waals surface area contributed by atoms with E-state index in [4.69, 9.17) is 0 Å². The number of rotatable bonds is 3. The van der Waals surface area contributed by atoms with E-state index in [-0.39, 0.29) is 12.5 Å². The number of anilines is 1. The number of aromatic nitrogens is 2. The normalized spacial score (nSPS) is 11.4. The van der Waals surface area contributed by atoms with Crippen molar-refractivity contribution in [1.82, 2.24) is 9.55 Å². The first-order valence-electron chi connectivity index (χ1n) is 5.76. The Bertz CT molecular complexity index is 721. The zero-order valence-corrected chi connectivity index (χ0v) is 11.6. The number of hydrogen-bond acceptors (Lipinski definition) is 4. The second-order valence-electron chi connectivity index (χ2n) is 4.18. The van der Waals surface area contributed by atoms with Crippen molar-refractivity contribution in [2.75, 3.05) is 5.32 Å². The van der Waals surface area contributed by atoms with E-state index in [0.29, 0.717) is 10.8 Å².